The number of carboxylic acids is 1. The number of halogens is 2. The Kier molecular flexibility index (Phi) is 4.32. The number of carboxylic acid groups (broad SMARTS) is 1. The van der Waals surface area contributed by atoms with Gasteiger partial charge in [0.25, 0.3) is 0 Å². The highest BCUT2D eigenvalue weighted by Crippen LogP contribution is 2.19. The zero-order valence-corrected chi connectivity index (χ0v) is 10.8. The van der Waals surface area contributed by atoms with E-state index in [1.165, 1.54) is 11.0 Å². The van der Waals surface area contributed by atoms with E-state index in [4.69, 9.17) is 5.11 Å². The summed E-state index contributed by atoms with van der Waals surface area (Å²) in [5.74, 6) is -3.13. The summed E-state index contributed by atoms with van der Waals surface area (Å²) >= 11 is 0. The lowest BCUT2D eigenvalue weighted by molar-refractivity contribution is -0.148. The van der Waals surface area contributed by atoms with Crippen LogP contribution in [-0.2, 0) is 16.0 Å². The Morgan fingerprint density at radius 2 is 2.05 bits per heavy atom. The first-order valence-corrected chi connectivity index (χ1v) is 6.45. The lowest BCUT2D eigenvalue weighted by atomic mass is 10.1. The van der Waals surface area contributed by atoms with Crippen LogP contribution in [-0.4, -0.2) is 34.5 Å². The lowest BCUT2D eigenvalue weighted by Crippen LogP contribution is -2.40. The first-order valence-electron chi connectivity index (χ1n) is 6.45. The third kappa shape index (κ3) is 3.12. The molecule has 4 nitrogen and oxygen atoms in total. The third-order valence-electron chi connectivity index (χ3n) is 3.47. The van der Waals surface area contributed by atoms with Crippen molar-refractivity contribution in [2.75, 3.05) is 6.54 Å². The van der Waals surface area contributed by atoms with Gasteiger partial charge in [-0.3, -0.25) is 4.79 Å². The number of nitrogens with zero attached hydrogens (tertiary/aromatic N) is 1. The number of aryl methyl sites for hydroxylation is 1. The highest BCUT2D eigenvalue weighted by atomic mass is 19.2. The molecule has 1 aromatic rings. The molecule has 1 saturated heterocycles. The number of benzene rings is 1. The molecular weight excluding hydrogens is 268 g/mol. The van der Waals surface area contributed by atoms with E-state index < -0.39 is 23.6 Å². The minimum absolute atomic E-state index is 0.0921. The molecule has 1 fully saturated rings. The van der Waals surface area contributed by atoms with Crippen LogP contribution in [0.15, 0.2) is 18.2 Å². The summed E-state index contributed by atoms with van der Waals surface area (Å²) < 4.78 is 25.8. The van der Waals surface area contributed by atoms with E-state index in [1.54, 1.807) is 0 Å². The van der Waals surface area contributed by atoms with Gasteiger partial charge in [0, 0.05) is 13.0 Å². The molecule has 108 valence electrons. The summed E-state index contributed by atoms with van der Waals surface area (Å²) in [6.45, 7) is 0.438. The van der Waals surface area contributed by atoms with Crippen molar-refractivity contribution in [3.8, 4) is 0 Å². The van der Waals surface area contributed by atoms with Gasteiger partial charge >= 0.3 is 5.97 Å². The van der Waals surface area contributed by atoms with Crippen molar-refractivity contribution in [1.82, 2.24) is 4.90 Å². The molecule has 0 aromatic heterocycles. The van der Waals surface area contributed by atoms with Crippen molar-refractivity contribution in [1.29, 1.82) is 0 Å². The van der Waals surface area contributed by atoms with Crippen molar-refractivity contribution in [3.05, 3.63) is 35.4 Å². The van der Waals surface area contributed by atoms with Gasteiger partial charge in [-0.25, -0.2) is 13.6 Å². The average molecular weight is 283 g/mol. The summed E-state index contributed by atoms with van der Waals surface area (Å²) in [5, 5.41) is 9.00. The molecule has 6 heteroatoms. The quantitative estimate of drug-likeness (QED) is 0.919. The highest BCUT2D eigenvalue weighted by Gasteiger charge is 2.33. The predicted octanol–water partition coefficient (Wildman–Crippen LogP) is 1.97. The standard InChI is InChI=1S/C14H15F2NO3/c15-10-5-3-9(8-11(10)16)4-6-13(18)17-7-1-2-12(17)14(19)20/h3,5,8,12H,1-2,4,6-7H2,(H,19,20)/t12-/m1/s1. The normalized spacial score (nSPS) is 18.3. The smallest absolute Gasteiger partial charge is 0.326 e. The van der Waals surface area contributed by atoms with Gasteiger partial charge < -0.3 is 10.0 Å². The van der Waals surface area contributed by atoms with Gasteiger partial charge in [-0.15, -0.1) is 0 Å². The molecule has 0 radical (unpaired) electrons. The van der Waals surface area contributed by atoms with E-state index in [9.17, 15) is 18.4 Å². The van der Waals surface area contributed by atoms with E-state index in [2.05, 4.69) is 0 Å². The number of hydrogen-bond donors (Lipinski definition) is 1. The molecule has 2 rings (SSSR count). The maximum atomic E-state index is 13.0. The van der Waals surface area contributed by atoms with Crippen LogP contribution in [0.1, 0.15) is 24.8 Å². The van der Waals surface area contributed by atoms with Gasteiger partial charge in [-0.2, -0.15) is 0 Å². The third-order valence-corrected chi connectivity index (χ3v) is 3.47. The van der Waals surface area contributed by atoms with Crippen molar-refractivity contribution < 1.29 is 23.5 Å². The summed E-state index contributed by atoms with van der Waals surface area (Å²) in [6.07, 6.45) is 1.49. The Bertz CT molecular complexity index is 533. The highest BCUT2D eigenvalue weighted by molar-refractivity contribution is 5.84. The van der Waals surface area contributed by atoms with Crippen LogP contribution in [0.5, 0.6) is 0 Å². The minimum Gasteiger partial charge on any atom is -0.480 e. The SMILES string of the molecule is O=C(O)[C@H]1CCCN1C(=O)CCc1ccc(F)c(F)c1. The molecule has 0 aliphatic carbocycles. The predicted molar refractivity (Wildman–Crippen MR) is 67.0 cm³/mol. The second-order valence-electron chi connectivity index (χ2n) is 4.83. The van der Waals surface area contributed by atoms with Crippen LogP contribution in [0.3, 0.4) is 0 Å². The molecule has 0 unspecified atom stereocenters. The largest absolute Gasteiger partial charge is 0.480 e. The number of likely N-dealkylation sites (tertiary alicyclic amines) is 1. The summed E-state index contributed by atoms with van der Waals surface area (Å²) in [5.41, 5.74) is 0.517. The second kappa shape index (κ2) is 5.98. The minimum atomic E-state index is -0.997. The first kappa shape index (κ1) is 14.4. The van der Waals surface area contributed by atoms with E-state index in [-0.39, 0.29) is 18.7 Å². The van der Waals surface area contributed by atoms with Crippen LogP contribution < -0.4 is 0 Å². The second-order valence-corrected chi connectivity index (χ2v) is 4.83. The molecule has 1 amide bonds. The van der Waals surface area contributed by atoms with E-state index >= 15 is 0 Å². The zero-order valence-electron chi connectivity index (χ0n) is 10.8. The first-order chi connectivity index (χ1) is 9.49. The topological polar surface area (TPSA) is 57.6 Å². The van der Waals surface area contributed by atoms with Crippen LogP contribution in [0.25, 0.3) is 0 Å². The van der Waals surface area contributed by atoms with Gasteiger partial charge in [-0.05, 0) is 37.0 Å². The molecule has 1 aromatic carbocycles. The van der Waals surface area contributed by atoms with Gasteiger partial charge in [-0.1, -0.05) is 6.07 Å². The van der Waals surface area contributed by atoms with E-state index in [1.807, 2.05) is 0 Å². The molecule has 1 atom stereocenters. The van der Waals surface area contributed by atoms with Crippen molar-refractivity contribution in [2.24, 2.45) is 0 Å². The molecule has 0 bridgehead atoms. The Morgan fingerprint density at radius 3 is 2.70 bits per heavy atom. The number of rotatable bonds is 4. The van der Waals surface area contributed by atoms with Gasteiger partial charge in [0.15, 0.2) is 11.6 Å². The van der Waals surface area contributed by atoms with Crippen LogP contribution in [0.4, 0.5) is 8.78 Å². The fraction of sp³-hybridized carbons (Fsp3) is 0.429. The fourth-order valence-electron chi connectivity index (χ4n) is 2.41. The average Bonchev–Trinajstić information content (AvgIpc) is 2.89. The van der Waals surface area contributed by atoms with Crippen LogP contribution >= 0.6 is 0 Å². The van der Waals surface area contributed by atoms with E-state index in [0.717, 1.165) is 12.1 Å². The molecule has 1 N–H and O–H groups in total. The summed E-state index contributed by atoms with van der Waals surface area (Å²) in [4.78, 5) is 24.3. The number of aliphatic carboxylic acids is 1. The molecule has 0 spiro atoms. The number of carbonyl (C=O) groups is 2. The lowest BCUT2D eigenvalue weighted by Gasteiger charge is -2.21. The number of hydrogen-bond acceptors (Lipinski definition) is 2. The van der Waals surface area contributed by atoms with Crippen molar-refractivity contribution >= 4 is 11.9 Å². The van der Waals surface area contributed by atoms with Crippen LogP contribution in [0.2, 0.25) is 0 Å². The van der Waals surface area contributed by atoms with Crippen molar-refractivity contribution in [3.63, 3.8) is 0 Å². The molecule has 20 heavy (non-hydrogen) atoms. The maximum absolute atomic E-state index is 13.0. The molecule has 1 aliphatic heterocycles. The Balaban J connectivity index is 1.94. The summed E-state index contributed by atoms with van der Waals surface area (Å²) in [7, 11) is 0. The fourth-order valence-corrected chi connectivity index (χ4v) is 2.41. The van der Waals surface area contributed by atoms with E-state index in [0.29, 0.717) is 24.9 Å². The van der Waals surface area contributed by atoms with Gasteiger partial charge in [0.1, 0.15) is 6.04 Å². The molecule has 0 saturated carbocycles. The van der Waals surface area contributed by atoms with Crippen molar-refractivity contribution in [2.45, 2.75) is 31.7 Å². The molecule has 1 heterocycles. The zero-order chi connectivity index (χ0) is 14.7. The van der Waals surface area contributed by atoms with Crippen LogP contribution in [0, 0.1) is 11.6 Å². The summed E-state index contributed by atoms with van der Waals surface area (Å²) in [6, 6.07) is 2.74. The van der Waals surface area contributed by atoms with Gasteiger partial charge in [0.2, 0.25) is 5.91 Å². The van der Waals surface area contributed by atoms with Gasteiger partial charge in [0.05, 0.1) is 0 Å². The Morgan fingerprint density at radius 1 is 1.30 bits per heavy atom. The monoisotopic (exact) mass is 283 g/mol. The number of amides is 1. The Hall–Kier alpha value is -1.98. The Labute approximate surface area is 115 Å². The number of carbonyl (C=O) groups excluding carboxylic acids is 1. The maximum Gasteiger partial charge on any atom is 0.326 e. The molecular formula is C14H15F2NO3. The molecule has 1 aliphatic rings.